The number of carbonyl (C=O) groups excluding carboxylic acids is 1. The minimum atomic E-state index is 0.0518. The Labute approximate surface area is 106 Å². The van der Waals surface area contributed by atoms with Crippen LogP contribution >= 0.6 is 0 Å². The van der Waals surface area contributed by atoms with Crippen molar-refractivity contribution in [1.82, 2.24) is 4.57 Å². The number of ketones is 1. The summed E-state index contributed by atoms with van der Waals surface area (Å²) in [6.07, 6.45) is 4.13. The summed E-state index contributed by atoms with van der Waals surface area (Å²) < 4.78 is 1.72. The summed E-state index contributed by atoms with van der Waals surface area (Å²) in [6, 6.07) is 9.56. The quantitative estimate of drug-likeness (QED) is 0.757. The average molecular weight is 243 g/mol. The van der Waals surface area contributed by atoms with Crippen LogP contribution in [0.5, 0.6) is 0 Å². The molecule has 3 nitrogen and oxygen atoms in total. The smallest absolute Gasteiger partial charge is 0.258 e. The maximum absolute atomic E-state index is 12.2. The van der Waals surface area contributed by atoms with Crippen molar-refractivity contribution in [3.8, 4) is 0 Å². The summed E-state index contributed by atoms with van der Waals surface area (Å²) in [7, 11) is 0. The van der Waals surface area contributed by atoms with Gasteiger partial charge in [-0.1, -0.05) is 18.2 Å². The molecule has 0 aliphatic rings. The largest absolute Gasteiger partial charge is 0.315 e. The first-order valence-corrected chi connectivity index (χ1v) is 6.26. The molecule has 0 fully saturated rings. The Kier molecular flexibility index (Phi) is 3.92. The summed E-state index contributed by atoms with van der Waals surface area (Å²) in [6.45, 7) is 2.28. The van der Waals surface area contributed by atoms with Crippen LogP contribution < -0.4 is 5.56 Å². The van der Waals surface area contributed by atoms with Gasteiger partial charge in [0.25, 0.3) is 5.56 Å². The topological polar surface area (TPSA) is 39.1 Å². The number of nitrogens with zero attached hydrogens (tertiary/aromatic N) is 1. The zero-order chi connectivity index (χ0) is 13.0. The Morgan fingerprint density at radius 3 is 2.72 bits per heavy atom. The van der Waals surface area contributed by atoms with Gasteiger partial charge in [-0.25, -0.2) is 0 Å². The van der Waals surface area contributed by atoms with E-state index >= 15 is 0 Å². The van der Waals surface area contributed by atoms with Gasteiger partial charge >= 0.3 is 0 Å². The number of carbonyl (C=O) groups is 1. The summed E-state index contributed by atoms with van der Waals surface area (Å²) in [5, 5.41) is 1.73. The van der Waals surface area contributed by atoms with Gasteiger partial charge in [-0.2, -0.15) is 0 Å². The maximum atomic E-state index is 12.2. The summed E-state index contributed by atoms with van der Waals surface area (Å²) in [5.41, 5.74) is 0.0518. The lowest BCUT2D eigenvalue weighted by Crippen LogP contribution is -2.19. The molecule has 0 N–H and O–H groups in total. The highest BCUT2D eigenvalue weighted by Gasteiger charge is 2.02. The number of Topliss-reactive ketones (excluding diaryl/α,β-unsaturated/α-hetero) is 1. The second-order valence-corrected chi connectivity index (χ2v) is 4.56. The van der Waals surface area contributed by atoms with E-state index in [1.807, 2.05) is 36.5 Å². The van der Waals surface area contributed by atoms with Crippen LogP contribution in [0.3, 0.4) is 0 Å². The van der Waals surface area contributed by atoms with Crippen LogP contribution in [0.25, 0.3) is 10.8 Å². The van der Waals surface area contributed by atoms with E-state index in [9.17, 15) is 9.59 Å². The molecular formula is C15H17NO2. The maximum Gasteiger partial charge on any atom is 0.258 e. The first-order chi connectivity index (χ1) is 8.68. The van der Waals surface area contributed by atoms with Crippen LogP contribution in [-0.2, 0) is 11.3 Å². The molecule has 0 radical (unpaired) electrons. The second kappa shape index (κ2) is 5.63. The minimum absolute atomic E-state index is 0.0518. The third-order valence-corrected chi connectivity index (χ3v) is 3.06. The zero-order valence-corrected chi connectivity index (χ0v) is 10.6. The molecule has 0 saturated heterocycles. The van der Waals surface area contributed by atoms with Crippen LogP contribution in [-0.4, -0.2) is 10.4 Å². The fraction of sp³-hybridized carbons (Fsp3) is 0.333. The van der Waals surface area contributed by atoms with E-state index in [-0.39, 0.29) is 11.3 Å². The van der Waals surface area contributed by atoms with Gasteiger partial charge in [-0.05, 0) is 37.3 Å². The van der Waals surface area contributed by atoms with Crippen LogP contribution in [0, 0.1) is 0 Å². The predicted octanol–water partition coefficient (Wildman–Crippen LogP) is 2.76. The number of aryl methyl sites for hydroxylation is 1. The molecule has 2 rings (SSSR count). The molecule has 0 spiro atoms. The molecule has 0 unspecified atom stereocenters. The number of aromatic nitrogens is 1. The number of benzene rings is 1. The Morgan fingerprint density at radius 1 is 1.17 bits per heavy atom. The van der Waals surface area contributed by atoms with E-state index < -0.39 is 0 Å². The Bertz CT molecular complexity index is 613. The summed E-state index contributed by atoms with van der Waals surface area (Å²) >= 11 is 0. The molecule has 0 atom stereocenters. The van der Waals surface area contributed by atoms with Gasteiger partial charge in [0.15, 0.2) is 0 Å². The Balaban J connectivity index is 2.12. The first kappa shape index (κ1) is 12.6. The van der Waals surface area contributed by atoms with E-state index in [1.165, 1.54) is 0 Å². The van der Waals surface area contributed by atoms with Gasteiger partial charge in [-0.3, -0.25) is 4.79 Å². The average Bonchev–Trinajstić information content (AvgIpc) is 2.37. The van der Waals surface area contributed by atoms with Crippen LogP contribution in [0.15, 0.2) is 41.3 Å². The molecule has 1 aromatic carbocycles. The third kappa shape index (κ3) is 2.86. The van der Waals surface area contributed by atoms with E-state index in [0.717, 1.165) is 23.6 Å². The number of pyridine rings is 1. The first-order valence-electron chi connectivity index (χ1n) is 6.26. The highest BCUT2D eigenvalue weighted by atomic mass is 16.1. The third-order valence-electron chi connectivity index (χ3n) is 3.06. The molecular weight excluding hydrogens is 226 g/mol. The minimum Gasteiger partial charge on any atom is -0.315 e. The molecule has 3 heteroatoms. The van der Waals surface area contributed by atoms with Crippen molar-refractivity contribution < 1.29 is 4.79 Å². The predicted molar refractivity (Wildman–Crippen MR) is 72.7 cm³/mol. The lowest BCUT2D eigenvalue weighted by Gasteiger charge is -2.06. The van der Waals surface area contributed by atoms with Crippen molar-refractivity contribution in [3.63, 3.8) is 0 Å². The fourth-order valence-corrected chi connectivity index (χ4v) is 2.06. The summed E-state index contributed by atoms with van der Waals surface area (Å²) in [5.74, 6) is 0.209. The van der Waals surface area contributed by atoms with E-state index in [0.29, 0.717) is 13.0 Å². The van der Waals surface area contributed by atoms with Crippen LogP contribution in [0.2, 0.25) is 0 Å². The molecule has 94 valence electrons. The van der Waals surface area contributed by atoms with Crippen molar-refractivity contribution in [3.05, 3.63) is 46.9 Å². The highest BCUT2D eigenvalue weighted by molar-refractivity contribution is 5.81. The fourth-order valence-electron chi connectivity index (χ4n) is 2.06. The van der Waals surface area contributed by atoms with E-state index in [4.69, 9.17) is 0 Å². The van der Waals surface area contributed by atoms with Crippen LogP contribution in [0.1, 0.15) is 26.2 Å². The van der Waals surface area contributed by atoms with Gasteiger partial charge in [0.2, 0.25) is 0 Å². The van der Waals surface area contributed by atoms with E-state index in [1.54, 1.807) is 11.5 Å². The van der Waals surface area contributed by atoms with Gasteiger partial charge in [0, 0.05) is 24.5 Å². The molecule has 0 bridgehead atoms. The van der Waals surface area contributed by atoms with Gasteiger partial charge in [0.05, 0.1) is 0 Å². The second-order valence-electron chi connectivity index (χ2n) is 4.56. The van der Waals surface area contributed by atoms with Gasteiger partial charge < -0.3 is 9.36 Å². The molecule has 0 saturated carbocycles. The standard InChI is InChI=1S/C15H17NO2/c1-12(17)6-4-5-10-16-11-9-13-7-2-3-8-14(13)15(16)18/h2-3,7-9,11H,4-6,10H2,1H3. The monoisotopic (exact) mass is 243 g/mol. The molecule has 1 heterocycles. The van der Waals surface area contributed by atoms with Gasteiger partial charge in [0.1, 0.15) is 5.78 Å². The van der Waals surface area contributed by atoms with Crippen molar-refractivity contribution in [2.24, 2.45) is 0 Å². The SMILES string of the molecule is CC(=O)CCCCn1ccc2ccccc2c1=O. The molecule has 18 heavy (non-hydrogen) atoms. The highest BCUT2D eigenvalue weighted by Crippen LogP contribution is 2.08. The molecule has 0 aliphatic carbocycles. The van der Waals surface area contributed by atoms with Gasteiger partial charge in [-0.15, -0.1) is 0 Å². The van der Waals surface area contributed by atoms with Crippen molar-refractivity contribution in [2.45, 2.75) is 32.7 Å². The normalized spacial score (nSPS) is 10.7. The van der Waals surface area contributed by atoms with E-state index in [2.05, 4.69) is 0 Å². The Morgan fingerprint density at radius 2 is 1.94 bits per heavy atom. The molecule has 2 aromatic rings. The summed E-state index contributed by atoms with van der Waals surface area (Å²) in [4.78, 5) is 23.0. The molecule has 0 amide bonds. The number of hydrogen-bond donors (Lipinski definition) is 0. The zero-order valence-electron chi connectivity index (χ0n) is 10.6. The number of rotatable bonds is 5. The molecule has 0 aliphatic heterocycles. The number of hydrogen-bond acceptors (Lipinski definition) is 2. The Hall–Kier alpha value is -1.90. The number of unbranched alkanes of at least 4 members (excludes halogenated alkanes) is 1. The lowest BCUT2D eigenvalue weighted by molar-refractivity contribution is -0.117. The van der Waals surface area contributed by atoms with Crippen molar-refractivity contribution in [2.75, 3.05) is 0 Å². The number of fused-ring (bicyclic) bond motifs is 1. The van der Waals surface area contributed by atoms with Crippen molar-refractivity contribution in [1.29, 1.82) is 0 Å². The van der Waals surface area contributed by atoms with Crippen LogP contribution in [0.4, 0.5) is 0 Å². The van der Waals surface area contributed by atoms with Crippen molar-refractivity contribution >= 4 is 16.6 Å². The lowest BCUT2D eigenvalue weighted by atomic mass is 10.1. The molecule has 1 aromatic heterocycles.